The molecule has 0 fully saturated rings. The van der Waals surface area contributed by atoms with Crippen LogP contribution in [0.1, 0.15) is 0 Å². The molecule has 0 radical (unpaired) electrons. The third-order valence-electron chi connectivity index (χ3n) is 1.90. The van der Waals surface area contributed by atoms with Crippen molar-refractivity contribution in [1.29, 1.82) is 0 Å². The van der Waals surface area contributed by atoms with Crippen molar-refractivity contribution in [2.75, 3.05) is 18.7 Å². The third kappa shape index (κ3) is 1.20. The highest BCUT2D eigenvalue weighted by Crippen LogP contribution is 2.33. The summed E-state index contributed by atoms with van der Waals surface area (Å²) in [4.78, 5) is 12.6. The normalized spacial score (nSPS) is 13.5. The number of ether oxygens (including phenoxy) is 2. The maximum absolute atomic E-state index is 11.2. The van der Waals surface area contributed by atoms with Crippen LogP contribution in [-0.4, -0.2) is 19.9 Å². The quantitative estimate of drug-likeness (QED) is 0.607. The summed E-state index contributed by atoms with van der Waals surface area (Å²) < 4.78 is 9.86. The van der Waals surface area contributed by atoms with Crippen molar-refractivity contribution in [3.8, 4) is 5.75 Å². The Morgan fingerprint density at radius 3 is 3.08 bits per heavy atom. The molecule has 1 amide bonds. The zero-order chi connectivity index (χ0) is 9.26. The lowest BCUT2D eigenvalue weighted by atomic mass is 10.3. The summed E-state index contributed by atoms with van der Waals surface area (Å²) in [7, 11) is 1.35. The summed E-state index contributed by atoms with van der Waals surface area (Å²) in [6, 6.07) is 7.35. The van der Waals surface area contributed by atoms with E-state index < -0.39 is 6.09 Å². The lowest BCUT2D eigenvalue weighted by Crippen LogP contribution is -2.29. The monoisotopic (exact) mass is 179 g/mol. The Labute approximate surface area is 75.7 Å². The number of methoxy groups -OCH3 is 1. The molecule has 0 bridgehead atoms. The summed E-state index contributed by atoms with van der Waals surface area (Å²) in [5, 5.41) is 0. The second-order valence-corrected chi connectivity index (χ2v) is 2.64. The van der Waals surface area contributed by atoms with E-state index in [1.807, 2.05) is 24.3 Å². The van der Waals surface area contributed by atoms with Crippen LogP contribution >= 0.6 is 0 Å². The molecule has 0 saturated carbocycles. The maximum atomic E-state index is 11.2. The van der Waals surface area contributed by atoms with E-state index in [-0.39, 0.29) is 6.73 Å². The van der Waals surface area contributed by atoms with Crippen LogP contribution in [0.15, 0.2) is 24.3 Å². The minimum atomic E-state index is -0.398. The fraction of sp³-hybridized carbons (Fsp3) is 0.222. The molecule has 68 valence electrons. The first-order valence-electron chi connectivity index (χ1n) is 3.90. The van der Waals surface area contributed by atoms with Gasteiger partial charge in [0.2, 0.25) is 0 Å². The molecule has 0 aromatic heterocycles. The van der Waals surface area contributed by atoms with Gasteiger partial charge >= 0.3 is 6.09 Å². The molecule has 13 heavy (non-hydrogen) atoms. The number of amides is 1. The van der Waals surface area contributed by atoms with E-state index in [1.54, 1.807) is 0 Å². The van der Waals surface area contributed by atoms with Gasteiger partial charge in [0.1, 0.15) is 5.75 Å². The molecule has 0 spiro atoms. The lowest BCUT2D eigenvalue weighted by Gasteiger charge is -2.11. The van der Waals surface area contributed by atoms with E-state index in [4.69, 9.17) is 4.74 Å². The number of fused-ring (bicyclic) bond motifs is 1. The Hall–Kier alpha value is -1.71. The number of rotatable bonds is 0. The van der Waals surface area contributed by atoms with Crippen LogP contribution in [0.5, 0.6) is 5.75 Å². The van der Waals surface area contributed by atoms with E-state index in [0.717, 1.165) is 5.69 Å². The number of carbonyl (C=O) groups is 1. The fourth-order valence-corrected chi connectivity index (χ4v) is 1.27. The molecule has 0 atom stereocenters. The fourth-order valence-electron chi connectivity index (χ4n) is 1.27. The van der Waals surface area contributed by atoms with Gasteiger partial charge in [0, 0.05) is 0 Å². The van der Waals surface area contributed by atoms with E-state index in [2.05, 4.69) is 4.74 Å². The van der Waals surface area contributed by atoms with E-state index in [9.17, 15) is 4.79 Å². The van der Waals surface area contributed by atoms with Crippen molar-refractivity contribution in [3.05, 3.63) is 24.3 Å². The minimum absolute atomic E-state index is 0.228. The van der Waals surface area contributed by atoms with Gasteiger partial charge in [0.15, 0.2) is 6.73 Å². The summed E-state index contributed by atoms with van der Waals surface area (Å²) in [6.07, 6.45) is -0.398. The minimum Gasteiger partial charge on any atom is -0.470 e. The van der Waals surface area contributed by atoms with Crippen LogP contribution in [0.2, 0.25) is 0 Å². The van der Waals surface area contributed by atoms with Gasteiger partial charge in [-0.2, -0.15) is 0 Å². The third-order valence-corrected chi connectivity index (χ3v) is 1.90. The Morgan fingerprint density at radius 2 is 2.31 bits per heavy atom. The number of para-hydroxylation sites is 2. The molecule has 2 rings (SSSR count). The molecule has 1 aliphatic rings. The predicted octanol–water partition coefficient (Wildman–Crippen LogP) is 1.61. The molecular weight excluding hydrogens is 170 g/mol. The Balaban J connectivity index is 2.33. The summed E-state index contributed by atoms with van der Waals surface area (Å²) in [5.41, 5.74) is 0.759. The number of nitrogens with zero attached hydrogens (tertiary/aromatic N) is 1. The molecule has 1 aromatic rings. The largest absolute Gasteiger partial charge is 0.470 e. The smallest absolute Gasteiger partial charge is 0.416 e. The summed E-state index contributed by atoms with van der Waals surface area (Å²) in [5.74, 6) is 0.716. The second kappa shape index (κ2) is 2.97. The average molecular weight is 179 g/mol. The van der Waals surface area contributed by atoms with Crippen molar-refractivity contribution in [2.45, 2.75) is 0 Å². The Kier molecular flexibility index (Phi) is 1.81. The molecule has 0 N–H and O–H groups in total. The van der Waals surface area contributed by atoms with Gasteiger partial charge in [-0.15, -0.1) is 0 Å². The lowest BCUT2D eigenvalue weighted by molar-refractivity contribution is 0.174. The van der Waals surface area contributed by atoms with Crippen molar-refractivity contribution >= 4 is 11.8 Å². The highest BCUT2D eigenvalue weighted by molar-refractivity contribution is 5.90. The van der Waals surface area contributed by atoms with Gasteiger partial charge in [-0.05, 0) is 12.1 Å². The van der Waals surface area contributed by atoms with Crippen LogP contribution in [0.3, 0.4) is 0 Å². The van der Waals surface area contributed by atoms with Gasteiger partial charge in [-0.1, -0.05) is 12.1 Å². The van der Waals surface area contributed by atoms with Crippen LogP contribution < -0.4 is 9.64 Å². The van der Waals surface area contributed by atoms with Crippen molar-refractivity contribution in [2.24, 2.45) is 0 Å². The molecule has 1 aliphatic heterocycles. The number of hydrogen-bond acceptors (Lipinski definition) is 3. The van der Waals surface area contributed by atoms with Gasteiger partial charge in [0.25, 0.3) is 0 Å². The predicted molar refractivity (Wildman–Crippen MR) is 46.8 cm³/mol. The van der Waals surface area contributed by atoms with E-state index in [0.29, 0.717) is 5.75 Å². The number of benzene rings is 1. The number of carbonyl (C=O) groups excluding carboxylic acids is 1. The highest BCUT2D eigenvalue weighted by atomic mass is 16.6. The molecular formula is C9H9NO3. The maximum Gasteiger partial charge on any atom is 0.416 e. The number of anilines is 1. The van der Waals surface area contributed by atoms with Crippen LogP contribution in [0.4, 0.5) is 10.5 Å². The zero-order valence-corrected chi connectivity index (χ0v) is 7.19. The summed E-state index contributed by atoms with van der Waals surface area (Å²) in [6.45, 7) is 0.228. The standard InChI is InChI=1S/C9H9NO3/c1-12-9(11)10-6-13-8-5-3-2-4-7(8)10/h2-5H,6H2,1H3. The first-order chi connectivity index (χ1) is 6.33. The Morgan fingerprint density at radius 1 is 1.54 bits per heavy atom. The van der Waals surface area contributed by atoms with Gasteiger partial charge in [-0.25, -0.2) is 9.69 Å². The van der Waals surface area contributed by atoms with Crippen LogP contribution in [-0.2, 0) is 4.74 Å². The average Bonchev–Trinajstić information content (AvgIpc) is 2.60. The molecule has 1 aromatic carbocycles. The molecule has 4 nitrogen and oxygen atoms in total. The Bertz CT molecular complexity index is 337. The second-order valence-electron chi connectivity index (χ2n) is 2.64. The SMILES string of the molecule is COC(=O)N1COc2ccccc21. The van der Waals surface area contributed by atoms with E-state index in [1.165, 1.54) is 12.0 Å². The zero-order valence-electron chi connectivity index (χ0n) is 7.19. The molecule has 0 unspecified atom stereocenters. The van der Waals surface area contributed by atoms with Gasteiger partial charge in [0.05, 0.1) is 12.8 Å². The molecule has 0 saturated heterocycles. The molecule has 0 aliphatic carbocycles. The summed E-state index contributed by atoms with van der Waals surface area (Å²) >= 11 is 0. The van der Waals surface area contributed by atoms with Crippen molar-refractivity contribution in [3.63, 3.8) is 0 Å². The topological polar surface area (TPSA) is 38.8 Å². The molecule has 1 heterocycles. The van der Waals surface area contributed by atoms with Gasteiger partial charge < -0.3 is 9.47 Å². The van der Waals surface area contributed by atoms with Crippen molar-refractivity contribution < 1.29 is 14.3 Å². The van der Waals surface area contributed by atoms with Crippen LogP contribution in [0, 0.1) is 0 Å². The number of hydrogen-bond donors (Lipinski definition) is 0. The van der Waals surface area contributed by atoms with E-state index >= 15 is 0 Å². The molecule has 4 heteroatoms. The van der Waals surface area contributed by atoms with Gasteiger partial charge in [-0.3, -0.25) is 0 Å². The van der Waals surface area contributed by atoms with Crippen molar-refractivity contribution in [1.82, 2.24) is 0 Å². The highest BCUT2D eigenvalue weighted by Gasteiger charge is 2.25. The first kappa shape index (κ1) is 7.91. The van der Waals surface area contributed by atoms with Crippen LogP contribution in [0.25, 0.3) is 0 Å². The first-order valence-corrected chi connectivity index (χ1v) is 3.90.